The van der Waals surface area contributed by atoms with Crippen molar-refractivity contribution in [1.82, 2.24) is 24.3 Å². The monoisotopic (exact) mass is 377 g/mol. The number of aromatic nitrogens is 5. The van der Waals surface area contributed by atoms with Crippen molar-refractivity contribution in [3.63, 3.8) is 0 Å². The molecule has 0 aliphatic heterocycles. The van der Waals surface area contributed by atoms with Crippen molar-refractivity contribution in [2.45, 2.75) is 44.3 Å². The molecule has 0 amide bonds. The zero-order valence-electron chi connectivity index (χ0n) is 14.9. The summed E-state index contributed by atoms with van der Waals surface area (Å²) >= 11 is 0. The number of hydrogen-bond acceptors (Lipinski definition) is 4. The predicted octanol–water partition coefficient (Wildman–Crippen LogP) is 3.42. The molecular formula is C18H18F3N5O. The molecule has 6 nitrogen and oxygen atoms in total. The van der Waals surface area contributed by atoms with Crippen LogP contribution in [-0.2, 0) is 13.2 Å². The van der Waals surface area contributed by atoms with Crippen molar-refractivity contribution in [3.8, 4) is 0 Å². The summed E-state index contributed by atoms with van der Waals surface area (Å²) in [6.07, 6.45) is 0.833. The Labute approximate surface area is 152 Å². The number of nitrogens with zero attached hydrogens (tertiary/aromatic N) is 5. The minimum Gasteiger partial charge on any atom is -0.294 e. The van der Waals surface area contributed by atoms with Crippen LogP contribution in [-0.4, -0.2) is 24.3 Å². The first-order valence-corrected chi connectivity index (χ1v) is 8.78. The van der Waals surface area contributed by atoms with Crippen LogP contribution in [0.4, 0.5) is 13.2 Å². The Morgan fingerprint density at radius 2 is 1.96 bits per heavy atom. The van der Waals surface area contributed by atoms with Crippen molar-refractivity contribution in [2.24, 2.45) is 7.05 Å². The number of fused-ring (bicyclic) bond motifs is 1. The standard InChI is InChI=1S/C18H18F3N5O/c1-3-12(10-4-7-13(22-8-10)18(19,20)21)16-14-15(24-25(16)2)17(27)26(9-23-14)11-5-6-11/h4,7-9,11-12H,3,5-6H2,1-2H3. The summed E-state index contributed by atoms with van der Waals surface area (Å²) in [6.45, 7) is 1.92. The van der Waals surface area contributed by atoms with Gasteiger partial charge in [0, 0.05) is 25.2 Å². The molecule has 1 saturated carbocycles. The van der Waals surface area contributed by atoms with Gasteiger partial charge in [-0.15, -0.1) is 0 Å². The summed E-state index contributed by atoms with van der Waals surface area (Å²) in [6, 6.07) is 2.60. The molecule has 1 fully saturated rings. The van der Waals surface area contributed by atoms with Gasteiger partial charge in [0.15, 0.2) is 5.52 Å². The van der Waals surface area contributed by atoms with Crippen molar-refractivity contribution in [2.75, 3.05) is 0 Å². The van der Waals surface area contributed by atoms with E-state index in [1.54, 1.807) is 22.6 Å². The van der Waals surface area contributed by atoms with E-state index in [2.05, 4.69) is 15.1 Å². The fraction of sp³-hybridized carbons (Fsp3) is 0.444. The summed E-state index contributed by atoms with van der Waals surface area (Å²) in [5, 5.41) is 4.36. The first-order chi connectivity index (χ1) is 12.8. The molecule has 0 N–H and O–H groups in total. The van der Waals surface area contributed by atoms with Crippen molar-refractivity contribution in [1.29, 1.82) is 0 Å². The molecule has 27 heavy (non-hydrogen) atoms. The van der Waals surface area contributed by atoms with E-state index in [-0.39, 0.29) is 17.5 Å². The normalized spacial score (nSPS) is 16.0. The molecule has 9 heteroatoms. The summed E-state index contributed by atoms with van der Waals surface area (Å²) in [4.78, 5) is 20.7. The number of alkyl halides is 3. The molecule has 1 aliphatic rings. The summed E-state index contributed by atoms with van der Waals surface area (Å²) < 4.78 is 41.5. The lowest BCUT2D eigenvalue weighted by molar-refractivity contribution is -0.141. The van der Waals surface area contributed by atoms with Gasteiger partial charge < -0.3 is 0 Å². The predicted molar refractivity (Wildman–Crippen MR) is 92.4 cm³/mol. The molecule has 0 spiro atoms. The van der Waals surface area contributed by atoms with Crippen LogP contribution in [0.5, 0.6) is 0 Å². The second-order valence-electron chi connectivity index (χ2n) is 6.83. The Bertz CT molecular complexity index is 1050. The van der Waals surface area contributed by atoms with Gasteiger partial charge in [0.2, 0.25) is 0 Å². The van der Waals surface area contributed by atoms with Crippen LogP contribution in [0.15, 0.2) is 29.5 Å². The minimum absolute atomic E-state index is 0.176. The number of hydrogen-bond donors (Lipinski definition) is 0. The van der Waals surface area contributed by atoms with E-state index in [1.807, 2.05) is 6.92 Å². The third-order valence-corrected chi connectivity index (χ3v) is 4.97. The number of rotatable bonds is 4. The fourth-order valence-corrected chi connectivity index (χ4v) is 3.46. The summed E-state index contributed by atoms with van der Waals surface area (Å²) in [7, 11) is 1.72. The average molecular weight is 377 g/mol. The zero-order chi connectivity index (χ0) is 19.3. The minimum atomic E-state index is -4.48. The van der Waals surface area contributed by atoms with Gasteiger partial charge in [-0.1, -0.05) is 13.0 Å². The Kier molecular flexibility index (Phi) is 4.05. The lowest BCUT2D eigenvalue weighted by Gasteiger charge is -2.16. The molecule has 0 aromatic carbocycles. The lowest BCUT2D eigenvalue weighted by atomic mass is 9.93. The van der Waals surface area contributed by atoms with Crippen LogP contribution in [0.3, 0.4) is 0 Å². The Balaban J connectivity index is 1.80. The van der Waals surface area contributed by atoms with Gasteiger partial charge in [-0.05, 0) is 30.9 Å². The molecule has 1 unspecified atom stereocenters. The topological polar surface area (TPSA) is 65.6 Å². The molecule has 0 saturated heterocycles. The van der Waals surface area contributed by atoms with Crippen LogP contribution in [0.1, 0.15) is 55.1 Å². The highest BCUT2D eigenvalue weighted by Gasteiger charge is 2.33. The first-order valence-electron chi connectivity index (χ1n) is 8.78. The van der Waals surface area contributed by atoms with Gasteiger partial charge in [-0.25, -0.2) is 4.98 Å². The van der Waals surface area contributed by atoms with Crippen LogP contribution in [0, 0.1) is 0 Å². The van der Waals surface area contributed by atoms with E-state index in [0.29, 0.717) is 28.7 Å². The highest BCUT2D eigenvalue weighted by Crippen LogP contribution is 2.35. The maximum absolute atomic E-state index is 12.8. The Hall–Kier alpha value is -2.71. The maximum atomic E-state index is 12.8. The first kappa shape index (κ1) is 17.7. The molecular weight excluding hydrogens is 359 g/mol. The highest BCUT2D eigenvalue weighted by atomic mass is 19.4. The van der Waals surface area contributed by atoms with E-state index in [4.69, 9.17) is 0 Å². The number of halogens is 3. The number of pyridine rings is 1. The van der Waals surface area contributed by atoms with Gasteiger partial charge in [-0.2, -0.15) is 18.3 Å². The maximum Gasteiger partial charge on any atom is 0.433 e. The fourth-order valence-electron chi connectivity index (χ4n) is 3.46. The van der Waals surface area contributed by atoms with Crippen molar-refractivity contribution < 1.29 is 13.2 Å². The Morgan fingerprint density at radius 3 is 2.52 bits per heavy atom. The lowest BCUT2D eigenvalue weighted by Crippen LogP contribution is -2.19. The quantitative estimate of drug-likeness (QED) is 0.699. The zero-order valence-corrected chi connectivity index (χ0v) is 14.9. The molecule has 0 radical (unpaired) electrons. The SMILES string of the molecule is CCC(c1ccc(C(F)(F)F)nc1)c1c2ncn(C3CC3)c(=O)c2nn1C. The number of aryl methyl sites for hydroxylation is 1. The molecule has 142 valence electrons. The van der Waals surface area contributed by atoms with Gasteiger partial charge in [0.25, 0.3) is 5.56 Å². The molecule has 1 atom stereocenters. The highest BCUT2D eigenvalue weighted by molar-refractivity contribution is 5.77. The second-order valence-corrected chi connectivity index (χ2v) is 6.83. The van der Waals surface area contributed by atoms with Crippen LogP contribution in [0.2, 0.25) is 0 Å². The van der Waals surface area contributed by atoms with Crippen molar-refractivity contribution >= 4 is 11.0 Å². The third kappa shape index (κ3) is 3.00. The van der Waals surface area contributed by atoms with Crippen LogP contribution >= 0.6 is 0 Å². The van der Waals surface area contributed by atoms with E-state index in [9.17, 15) is 18.0 Å². The van der Waals surface area contributed by atoms with Gasteiger partial charge in [-0.3, -0.25) is 19.0 Å². The van der Waals surface area contributed by atoms with Crippen LogP contribution in [0.25, 0.3) is 11.0 Å². The second kappa shape index (κ2) is 6.17. The van der Waals surface area contributed by atoms with E-state index in [0.717, 1.165) is 18.9 Å². The van der Waals surface area contributed by atoms with E-state index < -0.39 is 11.9 Å². The van der Waals surface area contributed by atoms with Gasteiger partial charge in [0.05, 0.1) is 12.0 Å². The average Bonchev–Trinajstić information content (AvgIpc) is 3.40. The largest absolute Gasteiger partial charge is 0.433 e. The molecule has 0 bridgehead atoms. The van der Waals surface area contributed by atoms with Gasteiger partial charge >= 0.3 is 6.18 Å². The van der Waals surface area contributed by atoms with E-state index in [1.165, 1.54) is 12.3 Å². The molecule has 4 rings (SSSR count). The summed E-state index contributed by atoms with van der Waals surface area (Å²) in [5.41, 5.74) is 1.01. The molecule has 1 aliphatic carbocycles. The third-order valence-electron chi connectivity index (χ3n) is 4.97. The van der Waals surface area contributed by atoms with Crippen molar-refractivity contribution in [3.05, 3.63) is 52.0 Å². The van der Waals surface area contributed by atoms with Gasteiger partial charge in [0.1, 0.15) is 11.2 Å². The summed E-state index contributed by atoms with van der Waals surface area (Å²) in [5.74, 6) is -0.265. The molecule has 3 aromatic heterocycles. The Morgan fingerprint density at radius 1 is 1.22 bits per heavy atom. The molecule has 3 aromatic rings. The van der Waals surface area contributed by atoms with E-state index >= 15 is 0 Å². The molecule has 3 heterocycles. The smallest absolute Gasteiger partial charge is 0.294 e. The van der Waals surface area contributed by atoms with Crippen LogP contribution < -0.4 is 5.56 Å².